The Balaban J connectivity index is 2.41. The Hall–Kier alpha value is 0.0300. The lowest BCUT2D eigenvalue weighted by Crippen LogP contribution is -1.95. The quantitative estimate of drug-likeness (QED) is 0.843. The third-order valence-electron chi connectivity index (χ3n) is 1.07. The van der Waals surface area contributed by atoms with Crippen molar-refractivity contribution in [2.24, 2.45) is 0 Å². The summed E-state index contributed by atoms with van der Waals surface area (Å²) >= 11 is 13.9. The Morgan fingerprint density at radius 2 is 2.31 bits per heavy atom. The van der Waals surface area contributed by atoms with Crippen LogP contribution >= 0.6 is 46.3 Å². The molecule has 0 amide bonds. The van der Waals surface area contributed by atoms with Gasteiger partial charge >= 0.3 is 5.97 Å². The van der Waals surface area contributed by atoms with Gasteiger partial charge in [-0.1, -0.05) is 46.3 Å². The van der Waals surface area contributed by atoms with Crippen molar-refractivity contribution in [1.29, 1.82) is 0 Å². The van der Waals surface area contributed by atoms with Gasteiger partial charge in [0.2, 0.25) is 0 Å². The fourth-order valence-corrected chi connectivity index (χ4v) is 3.02. The molecule has 0 radical (unpaired) electrons. The van der Waals surface area contributed by atoms with Crippen LogP contribution in [0, 0.1) is 0 Å². The largest absolute Gasteiger partial charge is 0.481 e. The van der Waals surface area contributed by atoms with Crippen molar-refractivity contribution < 1.29 is 9.90 Å². The van der Waals surface area contributed by atoms with Crippen molar-refractivity contribution in [2.75, 3.05) is 5.75 Å². The van der Waals surface area contributed by atoms with Crippen molar-refractivity contribution in [2.45, 2.75) is 10.8 Å². The van der Waals surface area contributed by atoms with Crippen LogP contribution in [-0.2, 0) is 4.79 Å². The molecule has 1 rings (SSSR count). The molecule has 3 nitrogen and oxygen atoms in total. The Morgan fingerprint density at radius 3 is 2.77 bits per heavy atom. The molecule has 0 bridgehead atoms. The van der Waals surface area contributed by atoms with Gasteiger partial charge in [-0.3, -0.25) is 4.79 Å². The second-order valence-corrected chi connectivity index (χ2v) is 5.34. The number of hydrogen-bond acceptors (Lipinski definition) is 4. The van der Waals surface area contributed by atoms with E-state index in [9.17, 15) is 4.79 Å². The van der Waals surface area contributed by atoms with E-state index in [1.807, 2.05) is 0 Å². The Morgan fingerprint density at radius 1 is 1.62 bits per heavy atom. The number of hydrogen-bond donors (Lipinski definition) is 1. The molecular formula is C6H5Cl2NO2S2. The molecule has 0 aliphatic carbocycles. The summed E-state index contributed by atoms with van der Waals surface area (Å²) in [5.41, 5.74) is 0. The minimum absolute atomic E-state index is 0.111. The highest BCUT2D eigenvalue weighted by Gasteiger charge is 2.07. The number of carboxylic acids is 1. The van der Waals surface area contributed by atoms with Gasteiger partial charge in [0.15, 0.2) is 9.49 Å². The summed E-state index contributed by atoms with van der Waals surface area (Å²) in [6.45, 7) is 0. The summed E-state index contributed by atoms with van der Waals surface area (Å²) in [5.74, 6) is -0.337. The SMILES string of the molecule is O=C(O)CCSc1nc(Cl)c(Cl)s1. The predicted molar refractivity (Wildman–Crippen MR) is 55.1 cm³/mol. The molecule has 0 unspecified atom stereocenters. The van der Waals surface area contributed by atoms with Gasteiger partial charge in [-0.05, 0) is 0 Å². The van der Waals surface area contributed by atoms with Crippen LogP contribution < -0.4 is 0 Å². The van der Waals surface area contributed by atoms with Gasteiger partial charge in [0.25, 0.3) is 0 Å². The molecule has 13 heavy (non-hydrogen) atoms. The highest BCUT2D eigenvalue weighted by molar-refractivity contribution is 8.01. The molecule has 0 aliphatic heterocycles. The number of carbonyl (C=O) groups is 1. The smallest absolute Gasteiger partial charge is 0.304 e. The monoisotopic (exact) mass is 257 g/mol. The van der Waals surface area contributed by atoms with E-state index in [0.717, 1.165) is 0 Å². The molecule has 0 saturated heterocycles. The third kappa shape index (κ3) is 3.72. The second-order valence-electron chi connectivity index (χ2n) is 2.04. The highest BCUT2D eigenvalue weighted by atomic mass is 35.5. The van der Waals surface area contributed by atoms with Crippen LogP contribution in [0.2, 0.25) is 9.49 Å². The zero-order valence-corrected chi connectivity index (χ0v) is 9.43. The van der Waals surface area contributed by atoms with E-state index in [2.05, 4.69) is 4.98 Å². The maximum atomic E-state index is 10.2. The summed E-state index contributed by atoms with van der Waals surface area (Å²) in [5, 5.41) is 8.65. The lowest BCUT2D eigenvalue weighted by Gasteiger charge is -1.91. The number of thioether (sulfide) groups is 1. The van der Waals surface area contributed by atoms with E-state index < -0.39 is 5.97 Å². The first-order chi connectivity index (χ1) is 6.09. The summed E-state index contributed by atoms with van der Waals surface area (Å²) in [4.78, 5) is 14.1. The average Bonchev–Trinajstić information content (AvgIpc) is 2.30. The van der Waals surface area contributed by atoms with Gasteiger partial charge in [0.1, 0.15) is 4.34 Å². The zero-order chi connectivity index (χ0) is 9.84. The van der Waals surface area contributed by atoms with E-state index in [-0.39, 0.29) is 11.6 Å². The van der Waals surface area contributed by atoms with Gasteiger partial charge < -0.3 is 5.11 Å². The second kappa shape index (κ2) is 5.05. The van der Waals surface area contributed by atoms with Crippen LogP contribution in [0.1, 0.15) is 6.42 Å². The average molecular weight is 258 g/mol. The van der Waals surface area contributed by atoms with E-state index in [4.69, 9.17) is 28.3 Å². The molecule has 1 aromatic heterocycles. The number of nitrogens with zero attached hydrogens (tertiary/aromatic N) is 1. The number of rotatable bonds is 4. The normalized spacial score (nSPS) is 10.3. The van der Waals surface area contributed by atoms with Crippen LogP contribution in [0.3, 0.4) is 0 Å². The minimum atomic E-state index is -0.818. The first kappa shape index (κ1) is 11.1. The molecule has 72 valence electrons. The number of carboxylic acid groups (broad SMARTS) is 1. The van der Waals surface area contributed by atoms with Crippen molar-refractivity contribution >= 4 is 52.3 Å². The Kier molecular flexibility index (Phi) is 4.31. The van der Waals surface area contributed by atoms with Crippen molar-refractivity contribution in [1.82, 2.24) is 4.98 Å². The molecule has 0 fully saturated rings. The van der Waals surface area contributed by atoms with E-state index in [1.165, 1.54) is 23.1 Å². The maximum Gasteiger partial charge on any atom is 0.304 e. The topological polar surface area (TPSA) is 50.2 Å². The summed E-state index contributed by atoms with van der Waals surface area (Å²) < 4.78 is 1.15. The van der Waals surface area contributed by atoms with Crippen molar-refractivity contribution in [3.8, 4) is 0 Å². The predicted octanol–water partition coefficient (Wildman–Crippen LogP) is 3.02. The first-order valence-electron chi connectivity index (χ1n) is 3.26. The van der Waals surface area contributed by atoms with E-state index in [1.54, 1.807) is 0 Å². The number of thiazole rings is 1. The van der Waals surface area contributed by atoms with Crippen molar-refractivity contribution in [3.63, 3.8) is 0 Å². The summed E-state index contributed by atoms with van der Waals surface area (Å²) in [6.07, 6.45) is 0.111. The van der Waals surface area contributed by atoms with Gasteiger partial charge in [-0.2, -0.15) is 0 Å². The third-order valence-corrected chi connectivity index (χ3v) is 3.95. The Labute approximate surface area is 93.1 Å². The molecule has 0 spiro atoms. The standard InChI is InChI=1S/C6H5Cl2NO2S2/c7-4-5(8)13-6(9-4)12-2-1-3(10)11/h1-2H2,(H,10,11). The Bertz CT molecular complexity index is 296. The lowest BCUT2D eigenvalue weighted by molar-refractivity contribution is -0.136. The first-order valence-corrected chi connectivity index (χ1v) is 5.82. The number of halogens is 2. The summed E-state index contributed by atoms with van der Waals surface area (Å²) in [7, 11) is 0. The van der Waals surface area contributed by atoms with Gasteiger partial charge in [0.05, 0.1) is 6.42 Å². The molecule has 1 aromatic rings. The fourth-order valence-electron chi connectivity index (χ4n) is 0.553. The molecule has 0 atom stereocenters. The van der Waals surface area contributed by atoms with Gasteiger partial charge in [0, 0.05) is 5.75 Å². The van der Waals surface area contributed by atoms with Gasteiger partial charge in [-0.25, -0.2) is 4.98 Å². The molecular weight excluding hydrogens is 253 g/mol. The zero-order valence-electron chi connectivity index (χ0n) is 6.29. The molecule has 1 heterocycles. The molecule has 0 aromatic carbocycles. The molecule has 0 saturated carbocycles. The van der Waals surface area contributed by atoms with Crippen LogP contribution in [0.5, 0.6) is 0 Å². The van der Waals surface area contributed by atoms with Crippen LogP contribution in [0.15, 0.2) is 4.34 Å². The van der Waals surface area contributed by atoms with Crippen LogP contribution in [0.25, 0.3) is 0 Å². The lowest BCUT2D eigenvalue weighted by atomic mass is 10.5. The van der Waals surface area contributed by atoms with Crippen molar-refractivity contribution in [3.05, 3.63) is 9.49 Å². The molecule has 1 N–H and O–H groups in total. The summed E-state index contributed by atoms with van der Waals surface area (Å²) in [6, 6.07) is 0. The van der Waals surface area contributed by atoms with E-state index in [0.29, 0.717) is 14.4 Å². The van der Waals surface area contributed by atoms with Crippen LogP contribution in [0.4, 0.5) is 0 Å². The molecule has 7 heteroatoms. The van der Waals surface area contributed by atoms with Gasteiger partial charge in [-0.15, -0.1) is 0 Å². The van der Waals surface area contributed by atoms with Crippen LogP contribution in [-0.4, -0.2) is 21.8 Å². The molecule has 0 aliphatic rings. The fraction of sp³-hybridized carbons (Fsp3) is 0.333. The highest BCUT2D eigenvalue weighted by Crippen LogP contribution is 2.33. The number of aromatic nitrogens is 1. The van der Waals surface area contributed by atoms with E-state index >= 15 is 0 Å². The minimum Gasteiger partial charge on any atom is -0.481 e. The maximum absolute atomic E-state index is 10.2. The number of aliphatic carboxylic acids is 1.